The molecule has 2 rings (SSSR count). The maximum absolute atomic E-state index is 11.6. The van der Waals surface area contributed by atoms with Gasteiger partial charge < -0.3 is 20.1 Å². The minimum atomic E-state index is -0.0716. The van der Waals surface area contributed by atoms with E-state index in [9.17, 15) is 4.79 Å². The lowest BCUT2D eigenvalue weighted by molar-refractivity contribution is -0.119. The van der Waals surface area contributed by atoms with E-state index >= 15 is 0 Å². The highest BCUT2D eigenvalue weighted by Crippen LogP contribution is 2.18. The van der Waals surface area contributed by atoms with Crippen LogP contribution in [-0.4, -0.2) is 32.7 Å². The highest BCUT2D eigenvalue weighted by molar-refractivity contribution is 5.80. The molecule has 2 aromatic rings. The van der Waals surface area contributed by atoms with Crippen LogP contribution in [-0.2, 0) is 16.1 Å². The molecule has 0 atom stereocenters. The highest BCUT2D eigenvalue weighted by Gasteiger charge is 2.02. The van der Waals surface area contributed by atoms with Gasteiger partial charge in [0.1, 0.15) is 12.4 Å². The van der Waals surface area contributed by atoms with Crippen LogP contribution in [0, 0.1) is 0 Å². The summed E-state index contributed by atoms with van der Waals surface area (Å²) < 4.78 is 10.6. The van der Waals surface area contributed by atoms with E-state index < -0.39 is 0 Å². The van der Waals surface area contributed by atoms with Crippen LogP contribution < -0.4 is 15.4 Å². The minimum absolute atomic E-state index is 0.0716. The van der Waals surface area contributed by atoms with E-state index in [1.165, 1.54) is 0 Å². The van der Waals surface area contributed by atoms with Crippen molar-refractivity contribution in [2.75, 3.05) is 32.1 Å². The van der Waals surface area contributed by atoms with Gasteiger partial charge in [0, 0.05) is 25.4 Å². The van der Waals surface area contributed by atoms with Crippen molar-refractivity contribution in [2.45, 2.75) is 6.61 Å². The first-order valence-electron chi connectivity index (χ1n) is 7.54. The Labute approximate surface area is 136 Å². The van der Waals surface area contributed by atoms with Gasteiger partial charge in [0.25, 0.3) is 0 Å². The number of hydrogen-bond donors (Lipinski definition) is 2. The number of methoxy groups -OCH3 is 1. The van der Waals surface area contributed by atoms with Gasteiger partial charge in [-0.25, -0.2) is 0 Å². The predicted octanol–water partition coefficient (Wildman–Crippen LogP) is 2.44. The molecule has 0 saturated carbocycles. The van der Waals surface area contributed by atoms with Crippen molar-refractivity contribution < 1.29 is 14.3 Å². The molecule has 2 N–H and O–H groups in total. The van der Waals surface area contributed by atoms with E-state index in [0.717, 1.165) is 17.0 Å². The fourth-order valence-electron chi connectivity index (χ4n) is 1.97. The fraction of sp³-hybridized carbons (Fsp3) is 0.278. The summed E-state index contributed by atoms with van der Waals surface area (Å²) in [7, 11) is 1.60. The summed E-state index contributed by atoms with van der Waals surface area (Å²) in [5.74, 6) is 0.691. The van der Waals surface area contributed by atoms with E-state index in [1.54, 1.807) is 7.11 Å². The summed E-state index contributed by atoms with van der Waals surface area (Å²) in [6, 6.07) is 17.6. The zero-order chi connectivity index (χ0) is 16.3. The Kier molecular flexibility index (Phi) is 6.94. The first-order valence-corrected chi connectivity index (χ1v) is 7.54. The number of ether oxygens (including phenoxy) is 2. The number of anilines is 1. The number of amides is 1. The van der Waals surface area contributed by atoms with Gasteiger partial charge in [0.2, 0.25) is 5.91 Å². The maximum atomic E-state index is 11.6. The summed E-state index contributed by atoms with van der Waals surface area (Å²) in [5.41, 5.74) is 1.96. The van der Waals surface area contributed by atoms with E-state index in [2.05, 4.69) is 10.6 Å². The van der Waals surface area contributed by atoms with Crippen LogP contribution in [0.5, 0.6) is 5.75 Å². The van der Waals surface area contributed by atoms with Crippen LogP contribution in [0.25, 0.3) is 0 Å². The van der Waals surface area contributed by atoms with Gasteiger partial charge in [-0.2, -0.15) is 0 Å². The number of benzene rings is 2. The van der Waals surface area contributed by atoms with Crippen LogP contribution in [0.15, 0.2) is 54.6 Å². The quantitative estimate of drug-likeness (QED) is 0.698. The van der Waals surface area contributed by atoms with Crippen LogP contribution in [0.2, 0.25) is 0 Å². The molecule has 122 valence electrons. The van der Waals surface area contributed by atoms with Crippen molar-refractivity contribution in [3.8, 4) is 5.75 Å². The van der Waals surface area contributed by atoms with Gasteiger partial charge in [-0.3, -0.25) is 4.79 Å². The van der Waals surface area contributed by atoms with Gasteiger partial charge in [-0.05, 0) is 17.7 Å². The van der Waals surface area contributed by atoms with Crippen molar-refractivity contribution in [1.29, 1.82) is 0 Å². The summed E-state index contributed by atoms with van der Waals surface area (Å²) in [6.07, 6.45) is 0. The van der Waals surface area contributed by atoms with Crippen LogP contribution in [0.4, 0.5) is 5.69 Å². The molecular formula is C18H22N2O3. The van der Waals surface area contributed by atoms with E-state index in [1.807, 2.05) is 54.6 Å². The molecular weight excluding hydrogens is 292 g/mol. The maximum Gasteiger partial charge on any atom is 0.239 e. The standard InChI is InChI=1S/C18H22N2O3/c1-22-11-10-19-18(21)13-20-16-8-5-9-17(12-16)23-14-15-6-3-2-4-7-15/h2-9,12,20H,10-11,13-14H2,1H3,(H,19,21). The SMILES string of the molecule is COCCNC(=O)CNc1cccc(OCc2ccccc2)c1. The zero-order valence-corrected chi connectivity index (χ0v) is 13.2. The molecule has 0 spiro atoms. The molecule has 0 fully saturated rings. The first kappa shape index (κ1) is 16.8. The van der Waals surface area contributed by atoms with E-state index in [0.29, 0.717) is 19.8 Å². The average Bonchev–Trinajstić information content (AvgIpc) is 2.60. The molecule has 0 aliphatic heterocycles. The normalized spacial score (nSPS) is 10.1. The Morgan fingerprint density at radius 3 is 2.70 bits per heavy atom. The molecule has 0 aromatic heterocycles. The molecule has 0 aliphatic rings. The van der Waals surface area contributed by atoms with Crippen LogP contribution in [0.3, 0.4) is 0 Å². The zero-order valence-electron chi connectivity index (χ0n) is 13.2. The third-order valence-electron chi connectivity index (χ3n) is 3.16. The van der Waals surface area contributed by atoms with Gasteiger partial charge in [-0.1, -0.05) is 36.4 Å². The molecule has 5 heteroatoms. The van der Waals surface area contributed by atoms with Crippen molar-refractivity contribution >= 4 is 11.6 Å². The highest BCUT2D eigenvalue weighted by atomic mass is 16.5. The summed E-state index contributed by atoms with van der Waals surface area (Å²) in [6.45, 7) is 1.75. The number of carbonyl (C=O) groups is 1. The van der Waals surface area contributed by atoms with Gasteiger partial charge in [0.15, 0.2) is 0 Å². The number of hydrogen-bond acceptors (Lipinski definition) is 4. The van der Waals surface area contributed by atoms with Gasteiger partial charge in [-0.15, -0.1) is 0 Å². The van der Waals surface area contributed by atoms with Crippen molar-refractivity contribution in [3.05, 3.63) is 60.2 Å². The Bertz CT molecular complexity index is 602. The van der Waals surface area contributed by atoms with Gasteiger partial charge in [0.05, 0.1) is 13.2 Å². The summed E-state index contributed by atoms with van der Waals surface area (Å²) in [5, 5.41) is 5.83. The monoisotopic (exact) mass is 314 g/mol. The molecule has 1 amide bonds. The van der Waals surface area contributed by atoms with Crippen molar-refractivity contribution in [3.63, 3.8) is 0 Å². The molecule has 0 heterocycles. The minimum Gasteiger partial charge on any atom is -0.489 e. The Morgan fingerprint density at radius 2 is 1.91 bits per heavy atom. The Hall–Kier alpha value is -2.53. The molecule has 0 aliphatic carbocycles. The van der Waals surface area contributed by atoms with Crippen molar-refractivity contribution in [2.24, 2.45) is 0 Å². The molecule has 0 bridgehead atoms. The van der Waals surface area contributed by atoms with E-state index in [-0.39, 0.29) is 12.5 Å². The lowest BCUT2D eigenvalue weighted by Crippen LogP contribution is -2.32. The smallest absolute Gasteiger partial charge is 0.239 e. The summed E-state index contributed by atoms with van der Waals surface area (Å²) in [4.78, 5) is 11.6. The largest absolute Gasteiger partial charge is 0.489 e. The lowest BCUT2D eigenvalue weighted by Gasteiger charge is -2.10. The molecule has 0 unspecified atom stereocenters. The summed E-state index contributed by atoms with van der Waals surface area (Å²) >= 11 is 0. The second kappa shape index (κ2) is 9.48. The first-order chi connectivity index (χ1) is 11.3. The van der Waals surface area contributed by atoms with Crippen LogP contribution in [0.1, 0.15) is 5.56 Å². The second-order valence-corrected chi connectivity index (χ2v) is 5.00. The van der Waals surface area contributed by atoms with Crippen LogP contribution >= 0.6 is 0 Å². The Balaban J connectivity index is 1.79. The number of rotatable bonds is 9. The average molecular weight is 314 g/mol. The lowest BCUT2D eigenvalue weighted by atomic mass is 10.2. The van der Waals surface area contributed by atoms with Crippen molar-refractivity contribution in [1.82, 2.24) is 5.32 Å². The number of carbonyl (C=O) groups excluding carboxylic acids is 1. The third kappa shape index (κ3) is 6.40. The predicted molar refractivity (Wildman–Crippen MR) is 90.6 cm³/mol. The topological polar surface area (TPSA) is 59.6 Å². The van der Waals surface area contributed by atoms with E-state index in [4.69, 9.17) is 9.47 Å². The third-order valence-corrected chi connectivity index (χ3v) is 3.16. The molecule has 23 heavy (non-hydrogen) atoms. The molecule has 0 radical (unpaired) electrons. The Morgan fingerprint density at radius 1 is 1.09 bits per heavy atom. The van der Waals surface area contributed by atoms with Gasteiger partial charge >= 0.3 is 0 Å². The second-order valence-electron chi connectivity index (χ2n) is 5.00. The number of nitrogens with one attached hydrogen (secondary N) is 2. The fourth-order valence-corrected chi connectivity index (χ4v) is 1.97. The molecule has 2 aromatic carbocycles. The molecule has 0 saturated heterocycles. The molecule has 5 nitrogen and oxygen atoms in total.